The van der Waals surface area contributed by atoms with Gasteiger partial charge in [-0.3, -0.25) is 14.5 Å². The van der Waals surface area contributed by atoms with Crippen molar-refractivity contribution in [1.82, 2.24) is 14.8 Å². The predicted octanol–water partition coefficient (Wildman–Crippen LogP) is 3.18. The Bertz CT molecular complexity index is 951. The molecule has 0 unspecified atom stereocenters. The second-order valence-corrected chi connectivity index (χ2v) is 7.65. The molecule has 1 fully saturated rings. The highest BCUT2D eigenvalue weighted by atomic mass is 16.5. The minimum atomic E-state index is -1.13. The molecule has 2 heterocycles. The zero-order chi connectivity index (χ0) is 21.9. The molecular weight excluding hydrogens is 382 g/mol. The molecule has 160 valence electrons. The van der Waals surface area contributed by atoms with Crippen LogP contribution in [0.3, 0.4) is 0 Å². The smallest absolute Gasteiger partial charge is 0.325 e. The quantitative estimate of drug-likeness (QED) is 0.390. The van der Waals surface area contributed by atoms with Gasteiger partial charge in [0.1, 0.15) is 5.54 Å². The number of rotatable bonds is 9. The van der Waals surface area contributed by atoms with Crippen molar-refractivity contribution in [1.29, 1.82) is 0 Å². The molecule has 0 aliphatic carbocycles. The van der Waals surface area contributed by atoms with Crippen molar-refractivity contribution in [3.8, 4) is 0 Å². The molecule has 0 spiro atoms. The number of nitrogens with one attached hydrogen (secondary N) is 1. The zero-order valence-corrected chi connectivity index (χ0v) is 18.0. The van der Waals surface area contributed by atoms with E-state index in [4.69, 9.17) is 4.74 Å². The minimum Gasteiger partial charge on any atom is -0.385 e. The van der Waals surface area contributed by atoms with E-state index in [0.29, 0.717) is 18.6 Å². The lowest BCUT2D eigenvalue weighted by atomic mass is 9.87. The third kappa shape index (κ3) is 3.77. The Hall–Kier alpha value is -2.93. The van der Waals surface area contributed by atoms with E-state index in [1.807, 2.05) is 57.2 Å². The lowest BCUT2D eigenvalue weighted by Gasteiger charge is -2.25. The van der Waals surface area contributed by atoms with Crippen LogP contribution >= 0.6 is 0 Å². The summed E-state index contributed by atoms with van der Waals surface area (Å²) in [6, 6.07) is 10.5. The highest BCUT2D eigenvalue weighted by Gasteiger charge is 2.51. The molecule has 3 rings (SSSR count). The fourth-order valence-electron chi connectivity index (χ4n) is 4.16. The third-order valence-corrected chi connectivity index (χ3v) is 5.88. The van der Waals surface area contributed by atoms with Crippen LogP contribution in [0.5, 0.6) is 0 Å². The zero-order valence-electron chi connectivity index (χ0n) is 18.0. The number of ether oxygens (including phenoxy) is 1. The van der Waals surface area contributed by atoms with Gasteiger partial charge in [0.05, 0.1) is 6.54 Å². The summed E-state index contributed by atoms with van der Waals surface area (Å²) in [4.78, 5) is 40.0. The van der Waals surface area contributed by atoms with E-state index in [1.54, 1.807) is 7.11 Å². The first kappa shape index (κ1) is 21.8. The summed E-state index contributed by atoms with van der Waals surface area (Å²) in [5.74, 6) is -0.631. The van der Waals surface area contributed by atoms with E-state index in [1.165, 1.54) is 0 Å². The number of amides is 3. The predicted molar refractivity (Wildman–Crippen MR) is 113 cm³/mol. The molecule has 2 aromatic rings. The lowest BCUT2D eigenvalue weighted by Crippen LogP contribution is -2.43. The Labute approximate surface area is 177 Å². The molecule has 30 heavy (non-hydrogen) atoms. The largest absolute Gasteiger partial charge is 0.385 e. The van der Waals surface area contributed by atoms with Crippen LogP contribution in [0.25, 0.3) is 0 Å². The number of hydrogen-bond acceptors (Lipinski definition) is 4. The number of benzene rings is 1. The van der Waals surface area contributed by atoms with Crippen molar-refractivity contribution in [2.45, 2.75) is 45.7 Å². The van der Waals surface area contributed by atoms with Crippen LogP contribution in [-0.4, -0.2) is 47.4 Å². The normalized spacial score (nSPS) is 18.7. The molecular formula is C23H29N3O4. The van der Waals surface area contributed by atoms with Gasteiger partial charge in [0.2, 0.25) is 0 Å². The van der Waals surface area contributed by atoms with Crippen LogP contribution in [0, 0.1) is 13.8 Å². The molecule has 7 heteroatoms. The second kappa shape index (κ2) is 8.83. The standard InChI is InChI=1S/C23H29N3O4/c1-5-23(18-10-7-6-8-11-18)21(28)26(22(29)24-23)15-20(27)19-14-16(2)25(17(19)3)12-9-13-30-4/h6-8,10-11,14H,5,9,12-13,15H2,1-4H3,(H,24,29)/t23-/m0/s1. The Kier molecular flexibility index (Phi) is 6.41. The van der Waals surface area contributed by atoms with E-state index >= 15 is 0 Å². The maximum atomic E-state index is 13.2. The summed E-state index contributed by atoms with van der Waals surface area (Å²) >= 11 is 0. The van der Waals surface area contributed by atoms with Crippen molar-refractivity contribution in [2.24, 2.45) is 0 Å². The lowest BCUT2D eigenvalue weighted by molar-refractivity contribution is -0.131. The molecule has 3 amide bonds. The molecule has 0 bridgehead atoms. The van der Waals surface area contributed by atoms with Gasteiger partial charge in [0, 0.05) is 37.2 Å². The number of methoxy groups -OCH3 is 1. The SMILES string of the molecule is CC[C@@]1(c2ccccc2)NC(=O)N(CC(=O)c2cc(C)n(CCCOC)c2C)C1=O. The summed E-state index contributed by atoms with van der Waals surface area (Å²) in [7, 11) is 1.66. The molecule has 1 aromatic heterocycles. The van der Waals surface area contributed by atoms with E-state index in [0.717, 1.165) is 34.8 Å². The van der Waals surface area contributed by atoms with E-state index in [-0.39, 0.29) is 18.2 Å². The monoisotopic (exact) mass is 411 g/mol. The van der Waals surface area contributed by atoms with Crippen LogP contribution in [0.15, 0.2) is 36.4 Å². The van der Waals surface area contributed by atoms with Crippen LogP contribution in [-0.2, 0) is 21.6 Å². The molecule has 0 radical (unpaired) electrons. The third-order valence-electron chi connectivity index (χ3n) is 5.88. The molecule has 1 aromatic carbocycles. The summed E-state index contributed by atoms with van der Waals surface area (Å²) in [5, 5.41) is 2.82. The van der Waals surface area contributed by atoms with Crippen LogP contribution in [0.4, 0.5) is 4.79 Å². The average molecular weight is 412 g/mol. The maximum Gasteiger partial charge on any atom is 0.325 e. The van der Waals surface area contributed by atoms with Crippen molar-refractivity contribution in [3.05, 3.63) is 58.9 Å². The topological polar surface area (TPSA) is 80.6 Å². The van der Waals surface area contributed by atoms with Crippen molar-refractivity contribution >= 4 is 17.7 Å². The van der Waals surface area contributed by atoms with Crippen LogP contribution < -0.4 is 5.32 Å². The summed E-state index contributed by atoms with van der Waals surface area (Å²) < 4.78 is 7.18. The Morgan fingerprint density at radius 1 is 1.17 bits per heavy atom. The number of nitrogens with zero attached hydrogens (tertiary/aromatic N) is 2. The van der Waals surface area contributed by atoms with Crippen LogP contribution in [0.2, 0.25) is 0 Å². The van der Waals surface area contributed by atoms with Gasteiger partial charge in [-0.15, -0.1) is 0 Å². The highest BCUT2D eigenvalue weighted by Crippen LogP contribution is 2.32. The first-order chi connectivity index (χ1) is 14.4. The van der Waals surface area contributed by atoms with E-state index in [2.05, 4.69) is 9.88 Å². The van der Waals surface area contributed by atoms with Gasteiger partial charge < -0.3 is 14.6 Å². The van der Waals surface area contributed by atoms with Gasteiger partial charge in [-0.05, 0) is 38.3 Å². The molecule has 1 N–H and O–H groups in total. The fraction of sp³-hybridized carbons (Fsp3) is 0.435. The molecule has 1 saturated heterocycles. The van der Waals surface area contributed by atoms with E-state index < -0.39 is 11.6 Å². The van der Waals surface area contributed by atoms with Crippen molar-refractivity contribution in [2.75, 3.05) is 20.3 Å². The number of carbonyl (C=O) groups is 3. The van der Waals surface area contributed by atoms with Gasteiger partial charge in [-0.25, -0.2) is 4.79 Å². The molecule has 1 aliphatic rings. The van der Waals surface area contributed by atoms with Gasteiger partial charge in [-0.1, -0.05) is 37.3 Å². The maximum absolute atomic E-state index is 13.2. The summed E-state index contributed by atoms with van der Waals surface area (Å²) in [5.41, 5.74) is 1.94. The van der Waals surface area contributed by atoms with Gasteiger partial charge >= 0.3 is 6.03 Å². The summed E-state index contributed by atoms with van der Waals surface area (Å²) in [6.07, 6.45) is 1.24. The number of aryl methyl sites for hydroxylation is 1. The van der Waals surface area contributed by atoms with Crippen molar-refractivity contribution < 1.29 is 19.1 Å². The number of ketones is 1. The Balaban J connectivity index is 1.81. The number of imide groups is 1. The number of carbonyl (C=O) groups excluding carboxylic acids is 3. The molecule has 7 nitrogen and oxygen atoms in total. The molecule has 0 saturated carbocycles. The molecule has 1 aliphatic heterocycles. The van der Waals surface area contributed by atoms with Gasteiger partial charge in [0.15, 0.2) is 5.78 Å². The highest BCUT2D eigenvalue weighted by molar-refractivity contribution is 6.11. The summed E-state index contributed by atoms with van der Waals surface area (Å²) in [6.45, 7) is 6.79. The average Bonchev–Trinajstić information content (AvgIpc) is 3.17. The first-order valence-electron chi connectivity index (χ1n) is 10.2. The number of hydrogen-bond donors (Lipinski definition) is 1. The first-order valence-corrected chi connectivity index (χ1v) is 10.2. The Morgan fingerprint density at radius 3 is 2.50 bits per heavy atom. The number of urea groups is 1. The Morgan fingerprint density at radius 2 is 1.87 bits per heavy atom. The van der Waals surface area contributed by atoms with Crippen LogP contribution in [0.1, 0.15) is 47.1 Å². The van der Waals surface area contributed by atoms with Gasteiger partial charge in [0.25, 0.3) is 5.91 Å². The fourth-order valence-corrected chi connectivity index (χ4v) is 4.16. The van der Waals surface area contributed by atoms with Gasteiger partial charge in [-0.2, -0.15) is 0 Å². The minimum absolute atomic E-state index is 0.246. The molecule has 1 atom stereocenters. The number of aromatic nitrogens is 1. The number of Topliss-reactive ketones (excluding diaryl/α,β-unsaturated/α-hetero) is 1. The second-order valence-electron chi connectivity index (χ2n) is 7.65. The van der Waals surface area contributed by atoms with E-state index in [9.17, 15) is 14.4 Å². The van der Waals surface area contributed by atoms with Crippen molar-refractivity contribution in [3.63, 3.8) is 0 Å².